The van der Waals surface area contributed by atoms with Crippen molar-refractivity contribution in [3.63, 3.8) is 0 Å². The zero-order chi connectivity index (χ0) is 14.7. The van der Waals surface area contributed by atoms with E-state index < -0.39 is 36.8 Å². The van der Waals surface area contributed by atoms with Gasteiger partial charge in [0.05, 0.1) is 0 Å². The van der Waals surface area contributed by atoms with Gasteiger partial charge in [-0.3, -0.25) is 0 Å². The molecule has 2 aromatic heterocycles. The van der Waals surface area contributed by atoms with E-state index in [1.807, 2.05) is 4.91 Å². The zero-order valence-corrected chi connectivity index (χ0v) is 22.3. The molecule has 0 aliphatic carbocycles. The molecule has 0 nitrogen and oxygen atoms in total. The van der Waals surface area contributed by atoms with Gasteiger partial charge in [0.15, 0.2) is 0 Å². The number of benzene rings is 1. The predicted octanol–water partition coefficient (Wildman–Crippen LogP) is 3.20. The SMILES string of the molecule is [CH3][Sn]([CH3])([CH3])[c]1cc2cc3[se][c]([Sn]([CH3])([CH3])[CH3])cc3cc2[se]1. The molecule has 3 aromatic rings. The first kappa shape index (κ1) is 16.2. The van der Waals surface area contributed by atoms with Crippen molar-refractivity contribution in [3.05, 3.63) is 24.3 Å². The Hall–Kier alpha value is 1.34. The molecule has 0 unspecified atom stereocenters. The molecule has 20 heavy (non-hydrogen) atoms. The maximum atomic E-state index is 2.57. The van der Waals surface area contributed by atoms with E-state index in [2.05, 4.69) is 53.9 Å². The van der Waals surface area contributed by atoms with E-state index >= 15 is 0 Å². The van der Waals surface area contributed by atoms with Gasteiger partial charge in [-0.15, -0.1) is 0 Å². The van der Waals surface area contributed by atoms with Crippen molar-refractivity contribution in [2.45, 2.75) is 29.6 Å². The summed E-state index contributed by atoms with van der Waals surface area (Å²) >= 11 is -2.41. The Labute approximate surface area is 142 Å². The van der Waals surface area contributed by atoms with Gasteiger partial charge in [-0.25, -0.2) is 0 Å². The van der Waals surface area contributed by atoms with Crippen LogP contribution in [0.1, 0.15) is 0 Å². The second-order valence-electron chi connectivity index (χ2n) is 7.65. The van der Waals surface area contributed by atoms with E-state index in [0.717, 1.165) is 0 Å². The number of rotatable bonds is 2. The molecule has 4 heteroatoms. The van der Waals surface area contributed by atoms with Gasteiger partial charge in [-0.2, -0.15) is 0 Å². The molecule has 3 rings (SSSR count). The first-order chi connectivity index (χ1) is 9.14. The molecular weight excluding hydrogens is 588 g/mol. The van der Waals surface area contributed by atoms with Crippen LogP contribution in [-0.4, -0.2) is 65.8 Å². The Morgan fingerprint density at radius 2 is 0.950 bits per heavy atom. The van der Waals surface area contributed by atoms with Crippen molar-refractivity contribution in [2.75, 3.05) is 0 Å². The van der Waals surface area contributed by atoms with Crippen LogP contribution in [0.15, 0.2) is 24.3 Å². The Balaban J connectivity index is 2.20. The Morgan fingerprint density at radius 1 is 0.600 bits per heavy atom. The number of hydrogen-bond acceptors (Lipinski definition) is 0. The minimum absolute atomic E-state index is 0.632. The average Bonchev–Trinajstić information content (AvgIpc) is 2.85. The summed E-state index contributed by atoms with van der Waals surface area (Å²) in [4.78, 5) is 15.3. The van der Waals surface area contributed by atoms with E-state index in [0.29, 0.717) is 29.0 Å². The Bertz CT molecular complexity index is 668. The quantitative estimate of drug-likeness (QED) is 0.392. The summed E-state index contributed by atoms with van der Waals surface area (Å²) in [5, 5.41) is 3.15. The van der Waals surface area contributed by atoms with Crippen molar-refractivity contribution in [3.8, 4) is 0 Å². The van der Waals surface area contributed by atoms with Gasteiger partial charge < -0.3 is 0 Å². The average molecular weight is 610 g/mol. The molecule has 0 aliphatic heterocycles. The summed E-state index contributed by atoms with van der Waals surface area (Å²) in [5.41, 5.74) is 0. The van der Waals surface area contributed by atoms with Crippen LogP contribution >= 0.6 is 0 Å². The molecule has 0 N–H and O–H groups in total. The van der Waals surface area contributed by atoms with Crippen molar-refractivity contribution >= 4 is 90.0 Å². The molecule has 0 atom stereocenters. The summed E-state index contributed by atoms with van der Waals surface area (Å²) in [6.07, 6.45) is 0. The molecule has 0 fully saturated rings. The second-order valence-corrected chi connectivity index (χ2v) is 45.6. The minimum atomic E-state index is -1.84. The van der Waals surface area contributed by atoms with Gasteiger partial charge in [0.2, 0.25) is 0 Å². The third-order valence-electron chi connectivity index (χ3n) is 3.63. The predicted molar refractivity (Wildman–Crippen MR) is 101 cm³/mol. The molecule has 106 valence electrons. The van der Waals surface area contributed by atoms with E-state index in [9.17, 15) is 0 Å². The molecule has 0 saturated heterocycles. The monoisotopic (exact) mass is 614 g/mol. The van der Waals surface area contributed by atoms with E-state index in [4.69, 9.17) is 0 Å². The molecule has 0 spiro atoms. The molecule has 0 saturated carbocycles. The molecule has 0 bridgehead atoms. The first-order valence-electron chi connectivity index (χ1n) is 7.13. The van der Waals surface area contributed by atoms with Crippen molar-refractivity contribution in [1.82, 2.24) is 0 Å². The summed E-state index contributed by atoms with van der Waals surface area (Å²) in [6, 6.07) is 10.2. The van der Waals surface area contributed by atoms with Crippen LogP contribution in [0.5, 0.6) is 0 Å². The van der Waals surface area contributed by atoms with Gasteiger partial charge in [0.25, 0.3) is 0 Å². The second kappa shape index (κ2) is 5.45. The Morgan fingerprint density at radius 3 is 1.25 bits per heavy atom. The molecule has 0 aliphatic rings. The van der Waals surface area contributed by atoms with Crippen LogP contribution in [-0.2, 0) is 0 Å². The van der Waals surface area contributed by atoms with Gasteiger partial charge >= 0.3 is 144 Å². The summed E-state index contributed by atoms with van der Waals surface area (Å²) in [7, 11) is 0. The molecule has 1 aromatic carbocycles. The van der Waals surface area contributed by atoms with Gasteiger partial charge in [-0.1, -0.05) is 0 Å². The van der Waals surface area contributed by atoms with Crippen LogP contribution in [0.4, 0.5) is 0 Å². The van der Waals surface area contributed by atoms with Gasteiger partial charge in [-0.05, 0) is 0 Å². The standard InChI is InChI=1S/C10H4Se2.6CH3.2Sn/c1-3-11-9-6-8-2-4-12-10(8)5-7(1)9;;;;;;;;/h1-2,5-6H;6*1H3;;. The fraction of sp³-hybridized carbons (Fsp3) is 0.375. The van der Waals surface area contributed by atoms with Crippen molar-refractivity contribution in [1.29, 1.82) is 0 Å². The van der Waals surface area contributed by atoms with Crippen LogP contribution in [0.2, 0.25) is 29.6 Å². The summed E-state index contributed by atoms with van der Waals surface area (Å²) in [5.74, 6) is 0. The van der Waals surface area contributed by atoms with Crippen molar-refractivity contribution < 1.29 is 0 Å². The first-order valence-corrected chi connectivity index (χ1v) is 30.5. The topological polar surface area (TPSA) is 0 Å². The molecule has 2 heterocycles. The fourth-order valence-corrected chi connectivity index (χ4v) is 22.8. The summed E-state index contributed by atoms with van der Waals surface area (Å²) < 4.78 is 7.04. The van der Waals surface area contributed by atoms with Gasteiger partial charge in [0.1, 0.15) is 0 Å². The van der Waals surface area contributed by atoms with Crippen LogP contribution in [0, 0.1) is 0 Å². The summed E-state index contributed by atoms with van der Waals surface area (Å²) in [6.45, 7) is 0. The third kappa shape index (κ3) is 3.16. The normalized spacial score (nSPS) is 13.5. The Kier molecular flexibility index (Phi) is 4.42. The third-order valence-corrected chi connectivity index (χ3v) is 37.0. The van der Waals surface area contributed by atoms with E-state index in [-0.39, 0.29) is 0 Å². The van der Waals surface area contributed by atoms with Crippen LogP contribution in [0.25, 0.3) is 19.3 Å². The van der Waals surface area contributed by atoms with E-state index in [1.165, 1.54) is 0 Å². The maximum absolute atomic E-state index is 2.57. The molecule has 0 radical (unpaired) electrons. The number of fused-ring (bicyclic) bond motifs is 2. The zero-order valence-electron chi connectivity index (χ0n) is 13.1. The van der Waals surface area contributed by atoms with E-state index in [1.54, 1.807) is 19.3 Å². The molecule has 0 amide bonds. The number of hydrogen-bond donors (Lipinski definition) is 0. The van der Waals surface area contributed by atoms with Crippen LogP contribution < -0.4 is 4.91 Å². The van der Waals surface area contributed by atoms with Crippen LogP contribution in [0.3, 0.4) is 0 Å². The fourth-order valence-electron chi connectivity index (χ4n) is 2.31. The molecular formula is C16H22Se2Sn2. The van der Waals surface area contributed by atoms with Crippen molar-refractivity contribution in [2.24, 2.45) is 0 Å². The van der Waals surface area contributed by atoms with Gasteiger partial charge in [0, 0.05) is 0 Å².